The number of hydrogen-bond donors (Lipinski definition) is 1. The molecule has 104 valence electrons. The second-order valence-electron chi connectivity index (χ2n) is 5.43. The molecule has 0 bridgehead atoms. The Labute approximate surface area is 124 Å². The van der Waals surface area contributed by atoms with Gasteiger partial charge in [0.15, 0.2) is 0 Å². The van der Waals surface area contributed by atoms with E-state index < -0.39 is 0 Å². The fraction of sp³-hybridized carbons (Fsp3) is 0.294. The predicted molar refractivity (Wildman–Crippen MR) is 82.4 cm³/mol. The van der Waals surface area contributed by atoms with Gasteiger partial charge in [-0.2, -0.15) is 0 Å². The Hall–Kier alpha value is -1.51. The topological polar surface area (TPSA) is 35.2 Å². The van der Waals surface area contributed by atoms with Crippen molar-refractivity contribution in [2.24, 2.45) is 5.73 Å². The molecule has 3 heteroatoms. The van der Waals surface area contributed by atoms with E-state index in [2.05, 4.69) is 18.2 Å². The van der Waals surface area contributed by atoms with Crippen molar-refractivity contribution in [1.29, 1.82) is 0 Å². The third-order valence-electron chi connectivity index (χ3n) is 3.81. The van der Waals surface area contributed by atoms with Crippen LogP contribution in [0.25, 0.3) is 0 Å². The van der Waals surface area contributed by atoms with E-state index in [0.717, 1.165) is 34.7 Å². The summed E-state index contributed by atoms with van der Waals surface area (Å²) in [5, 5.41) is 0.788. The van der Waals surface area contributed by atoms with E-state index in [0.29, 0.717) is 0 Å². The lowest BCUT2D eigenvalue weighted by atomic mass is 9.98. The van der Waals surface area contributed by atoms with Crippen molar-refractivity contribution in [3.63, 3.8) is 0 Å². The van der Waals surface area contributed by atoms with E-state index in [1.54, 1.807) is 0 Å². The first-order valence-corrected chi connectivity index (χ1v) is 7.26. The molecule has 2 atom stereocenters. The standard InChI is InChI=1S/C17H18ClNO/c1-11-6-7-12(14(18)8-11)9-15(19)17-10-13-4-2-3-5-16(13)20-17/h2-8,15,17H,9-10,19H2,1H3. The van der Waals surface area contributed by atoms with Crippen LogP contribution in [0.5, 0.6) is 5.75 Å². The molecule has 0 saturated carbocycles. The van der Waals surface area contributed by atoms with Crippen LogP contribution in [0.2, 0.25) is 5.02 Å². The maximum atomic E-state index is 6.31. The predicted octanol–water partition coefficient (Wildman–Crippen LogP) is 3.52. The molecule has 2 aromatic rings. The molecule has 0 amide bonds. The molecule has 0 aromatic heterocycles. The van der Waals surface area contributed by atoms with Crippen molar-refractivity contribution in [3.05, 3.63) is 64.2 Å². The second kappa shape index (κ2) is 5.47. The highest BCUT2D eigenvalue weighted by molar-refractivity contribution is 6.31. The van der Waals surface area contributed by atoms with Gasteiger partial charge in [0.1, 0.15) is 11.9 Å². The summed E-state index contributed by atoms with van der Waals surface area (Å²) in [5.41, 5.74) is 9.80. The summed E-state index contributed by atoms with van der Waals surface area (Å²) < 4.78 is 5.94. The quantitative estimate of drug-likeness (QED) is 0.937. The molecule has 3 rings (SSSR count). The second-order valence-corrected chi connectivity index (χ2v) is 5.84. The zero-order valence-corrected chi connectivity index (χ0v) is 12.2. The van der Waals surface area contributed by atoms with Gasteiger partial charge >= 0.3 is 0 Å². The van der Waals surface area contributed by atoms with Crippen molar-refractivity contribution >= 4 is 11.6 Å². The van der Waals surface area contributed by atoms with Crippen LogP contribution in [0.15, 0.2) is 42.5 Å². The van der Waals surface area contributed by atoms with Gasteiger partial charge in [-0.05, 0) is 42.2 Å². The van der Waals surface area contributed by atoms with Crippen molar-refractivity contribution in [2.75, 3.05) is 0 Å². The van der Waals surface area contributed by atoms with E-state index in [9.17, 15) is 0 Å². The lowest BCUT2D eigenvalue weighted by molar-refractivity contribution is 0.198. The average molecular weight is 288 g/mol. The first kappa shape index (κ1) is 13.5. The summed E-state index contributed by atoms with van der Waals surface area (Å²) in [4.78, 5) is 0. The number of hydrogen-bond acceptors (Lipinski definition) is 2. The number of aryl methyl sites for hydroxylation is 1. The zero-order valence-electron chi connectivity index (χ0n) is 11.5. The molecule has 0 fully saturated rings. The first-order valence-electron chi connectivity index (χ1n) is 6.88. The molecule has 0 aliphatic carbocycles. The van der Waals surface area contributed by atoms with E-state index in [1.165, 1.54) is 5.56 Å². The Morgan fingerprint density at radius 3 is 2.85 bits per heavy atom. The van der Waals surface area contributed by atoms with Crippen molar-refractivity contribution < 1.29 is 4.74 Å². The van der Waals surface area contributed by atoms with Gasteiger partial charge < -0.3 is 10.5 Å². The fourth-order valence-corrected chi connectivity index (χ4v) is 2.96. The highest BCUT2D eigenvalue weighted by Gasteiger charge is 2.28. The Balaban J connectivity index is 1.70. The van der Waals surface area contributed by atoms with Crippen LogP contribution in [-0.4, -0.2) is 12.1 Å². The molecule has 1 aliphatic rings. The van der Waals surface area contributed by atoms with Crippen LogP contribution in [0.3, 0.4) is 0 Å². The van der Waals surface area contributed by atoms with Crippen LogP contribution in [0.4, 0.5) is 0 Å². The molecule has 0 radical (unpaired) electrons. The molecular weight excluding hydrogens is 270 g/mol. The lowest BCUT2D eigenvalue weighted by Gasteiger charge is -2.19. The highest BCUT2D eigenvalue weighted by atomic mass is 35.5. The maximum absolute atomic E-state index is 6.31. The summed E-state index contributed by atoms with van der Waals surface area (Å²) in [6.45, 7) is 2.03. The van der Waals surface area contributed by atoms with E-state index in [-0.39, 0.29) is 12.1 Å². The number of benzene rings is 2. The van der Waals surface area contributed by atoms with Crippen LogP contribution in [-0.2, 0) is 12.8 Å². The van der Waals surface area contributed by atoms with Gasteiger partial charge in [0.2, 0.25) is 0 Å². The minimum Gasteiger partial charge on any atom is -0.488 e. The van der Waals surface area contributed by atoms with Crippen LogP contribution < -0.4 is 10.5 Å². The number of ether oxygens (including phenoxy) is 1. The van der Waals surface area contributed by atoms with Crippen LogP contribution >= 0.6 is 11.6 Å². The molecular formula is C17H18ClNO. The van der Waals surface area contributed by atoms with Crippen molar-refractivity contribution in [3.8, 4) is 5.75 Å². The van der Waals surface area contributed by atoms with E-state index in [4.69, 9.17) is 22.1 Å². The highest BCUT2D eigenvalue weighted by Crippen LogP contribution is 2.30. The van der Waals surface area contributed by atoms with Gasteiger partial charge in [0.05, 0.1) is 0 Å². The first-order chi connectivity index (χ1) is 9.63. The largest absolute Gasteiger partial charge is 0.488 e. The smallest absolute Gasteiger partial charge is 0.123 e. The van der Waals surface area contributed by atoms with Crippen LogP contribution in [0, 0.1) is 6.92 Å². The molecule has 2 N–H and O–H groups in total. The summed E-state index contributed by atoms with van der Waals surface area (Å²) in [5.74, 6) is 0.961. The van der Waals surface area contributed by atoms with Crippen molar-refractivity contribution in [1.82, 2.24) is 0 Å². The molecule has 0 spiro atoms. The Kier molecular flexibility index (Phi) is 3.68. The third kappa shape index (κ3) is 2.67. The average Bonchev–Trinajstić information content (AvgIpc) is 2.86. The normalized spacial score (nSPS) is 18.4. The Bertz CT molecular complexity index is 601. The molecule has 2 unspecified atom stereocenters. The fourth-order valence-electron chi connectivity index (χ4n) is 2.65. The summed E-state index contributed by atoms with van der Waals surface area (Å²) in [7, 11) is 0. The van der Waals surface area contributed by atoms with Gasteiger partial charge in [-0.25, -0.2) is 0 Å². The summed E-state index contributed by atoms with van der Waals surface area (Å²) in [6.07, 6.45) is 1.64. The molecule has 1 heterocycles. The van der Waals surface area contributed by atoms with Crippen molar-refractivity contribution in [2.45, 2.75) is 31.9 Å². The molecule has 2 nitrogen and oxygen atoms in total. The molecule has 20 heavy (non-hydrogen) atoms. The molecule has 1 aliphatic heterocycles. The maximum Gasteiger partial charge on any atom is 0.123 e. The Morgan fingerprint density at radius 1 is 1.30 bits per heavy atom. The number of rotatable bonds is 3. The summed E-state index contributed by atoms with van der Waals surface area (Å²) in [6, 6.07) is 14.2. The van der Waals surface area contributed by atoms with Gasteiger partial charge in [-0.15, -0.1) is 0 Å². The number of fused-ring (bicyclic) bond motifs is 1. The number of nitrogens with two attached hydrogens (primary N) is 1. The Morgan fingerprint density at radius 2 is 2.10 bits per heavy atom. The minimum absolute atomic E-state index is 0.0322. The van der Waals surface area contributed by atoms with Gasteiger partial charge in [0.25, 0.3) is 0 Å². The lowest BCUT2D eigenvalue weighted by Crippen LogP contribution is -2.39. The monoisotopic (exact) mass is 287 g/mol. The van der Waals surface area contributed by atoms with E-state index >= 15 is 0 Å². The SMILES string of the molecule is Cc1ccc(CC(N)C2Cc3ccccc3O2)c(Cl)c1. The number of halogens is 1. The number of para-hydroxylation sites is 1. The van der Waals surface area contributed by atoms with Gasteiger partial charge in [-0.1, -0.05) is 41.9 Å². The van der Waals surface area contributed by atoms with Gasteiger partial charge in [-0.3, -0.25) is 0 Å². The van der Waals surface area contributed by atoms with Gasteiger partial charge in [0, 0.05) is 17.5 Å². The zero-order chi connectivity index (χ0) is 14.1. The van der Waals surface area contributed by atoms with Crippen LogP contribution in [0.1, 0.15) is 16.7 Å². The minimum atomic E-state index is -0.0531. The summed E-state index contributed by atoms with van der Waals surface area (Å²) >= 11 is 6.27. The molecule has 2 aromatic carbocycles. The third-order valence-corrected chi connectivity index (χ3v) is 4.17. The molecule has 0 saturated heterocycles. The van der Waals surface area contributed by atoms with E-state index in [1.807, 2.05) is 31.2 Å².